The van der Waals surface area contributed by atoms with E-state index < -0.39 is 0 Å². The highest BCUT2D eigenvalue weighted by atomic mass is 32.1. The molecule has 0 saturated heterocycles. The molecule has 0 radical (unpaired) electrons. The van der Waals surface area contributed by atoms with Crippen LogP contribution in [-0.4, -0.2) is 4.98 Å². The summed E-state index contributed by atoms with van der Waals surface area (Å²) in [5.74, 6) is 0. The van der Waals surface area contributed by atoms with Gasteiger partial charge < -0.3 is 5.73 Å². The van der Waals surface area contributed by atoms with Gasteiger partial charge in [-0.15, -0.1) is 11.3 Å². The van der Waals surface area contributed by atoms with Crippen LogP contribution in [0.2, 0.25) is 0 Å². The van der Waals surface area contributed by atoms with Crippen LogP contribution in [0.15, 0.2) is 48.5 Å². The fourth-order valence-electron chi connectivity index (χ4n) is 2.30. The molecule has 1 heterocycles. The number of nitrogens with zero attached hydrogens (tertiary/aromatic N) is 1. The fourth-order valence-corrected chi connectivity index (χ4v) is 3.29. The van der Waals surface area contributed by atoms with Gasteiger partial charge in [-0.05, 0) is 30.2 Å². The number of rotatable bonds is 3. The molecule has 3 rings (SSSR count). The normalized spacial score (nSPS) is 12.7. The lowest BCUT2D eigenvalue weighted by Crippen LogP contribution is -2.08. The Bertz CT molecular complexity index is 668. The van der Waals surface area contributed by atoms with Gasteiger partial charge in [0.15, 0.2) is 0 Å². The molecule has 2 nitrogen and oxygen atoms in total. The maximum atomic E-state index is 6.03. The van der Waals surface area contributed by atoms with Crippen molar-refractivity contribution in [3.8, 4) is 0 Å². The van der Waals surface area contributed by atoms with E-state index >= 15 is 0 Å². The fraction of sp³-hybridized carbons (Fsp3) is 0.188. The maximum absolute atomic E-state index is 6.03. The molecule has 0 fully saturated rings. The van der Waals surface area contributed by atoms with Gasteiger partial charge >= 0.3 is 0 Å². The molecule has 0 aliphatic heterocycles. The van der Waals surface area contributed by atoms with E-state index in [1.165, 1.54) is 15.8 Å². The van der Waals surface area contributed by atoms with E-state index in [1.807, 2.05) is 19.1 Å². The van der Waals surface area contributed by atoms with Gasteiger partial charge in [0.1, 0.15) is 0 Å². The number of fused-ring (bicyclic) bond motifs is 1. The van der Waals surface area contributed by atoms with Crippen molar-refractivity contribution in [1.82, 2.24) is 4.98 Å². The minimum absolute atomic E-state index is 0.0607. The van der Waals surface area contributed by atoms with Crippen LogP contribution in [0, 0.1) is 0 Å². The molecule has 2 N–H and O–H groups in total. The lowest BCUT2D eigenvalue weighted by molar-refractivity contribution is 0.803. The Hall–Kier alpha value is -1.71. The zero-order valence-electron chi connectivity index (χ0n) is 10.8. The topological polar surface area (TPSA) is 38.9 Å². The van der Waals surface area contributed by atoms with Crippen molar-refractivity contribution in [3.05, 3.63) is 64.7 Å². The van der Waals surface area contributed by atoms with Crippen LogP contribution in [0.3, 0.4) is 0 Å². The van der Waals surface area contributed by atoms with E-state index in [0.29, 0.717) is 0 Å². The van der Waals surface area contributed by atoms with Crippen molar-refractivity contribution < 1.29 is 0 Å². The smallest absolute Gasteiger partial charge is 0.0982 e. The Morgan fingerprint density at radius 2 is 1.84 bits per heavy atom. The molecule has 2 aromatic carbocycles. The molecule has 3 heteroatoms. The van der Waals surface area contributed by atoms with Crippen molar-refractivity contribution in [2.75, 3.05) is 0 Å². The van der Waals surface area contributed by atoms with E-state index in [4.69, 9.17) is 5.73 Å². The van der Waals surface area contributed by atoms with Crippen LogP contribution < -0.4 is 5.73 Å². The molecular weight excluding hydrogens is 252 g/mol. The highest BCUT2D eigenvalue weighted by Crippen LogP contribution is 2.25. The lowest BCUT2D eigenvalue weighted by atomic mass is 10.00. The molecule has 0 aliphatic rings. The standard InChI is InChI=1S/C16H16N2S/c1-11(17)13-7-3-2-6-12(13)10-16-18-14-8-4-5-9-15(14)19-16/h2-9,11H,10,17H2,1H3. The molecule has 96 valence electrons. The van der Waals surface area contributed by atoms with Crippen molar-refractivity contribution in [2.45, 2.75) is 19.4 Å². The predicted molar refractivity (Wildman–Crippen MR) is 81.5 cm³/mol. The summed E-state index contributed by atoms with van der Waals surface area (Å²) < 4.78 is 1.25. The summed E-state index contributed by atoms with van der Waals surface area (Å²) in [4.78, 5) is 4.69. The summed E-state index contributed by atoms with van der Waals surface area (Å²) in [7, 11) is 0. The first-order valence-corrected chi connectivity index (χ1v) is 7.23. The van der Waals surface area contributed by atoms with Crippen molar-refractivity contribution in [2.24, 2.45) is 5.73 Å². The molecule has 1 aromatic heterocycles. The van der Waals surface area contributed by atoms with Gasteiger partial charge in [-0.3, -0.25) is 0 Å². The summed E-state index contributed by atoms with van der Waals surface area (Å²) in [6, 6.07) is 16.7. The van der Waals surface area contributed by atoms with E-state index in [9.17, 15) is 0 Å². The van der Waals surface area contributed by atoms with Gasteiger partial charge in [0.25, 0.3) is 0 Å². The maximum Gasteiger partial charge on any atom is 0.0982 e. The third kappa shape index (κ3) is 2.53. The van der Waals surface area contributed by atoms with Gasteiger partial charge in [-0.2, -0.15) is 0 Å². The second-order valence-corrected chi connectivity index (χ2v) is 5.85. The van der Waals surface area contributed by atoms with Crippen LogP contribution in [0.25, 0.3) is 10.2 Å². The Balaban J connectivity index is 1.97. The largest absolute Gasteiger partial charge is 0.324 e. The van der Waals surface area contributed by atoms with Crippen LogP contribution >= 0.6 is 11.3 Å². The number of thiazole rings is 1. The van der Waals surface area contributed by atoms with Gasteiger partial charge in [0.05, 0.1) is 15.2 Å². The minimum Gasteiger partial charge on any atom is -0.324 e. The molecule has 0 saturated carbocycles. The molecule has 19 heavy (non-hydrogen) atoms. The second-order valence-electron chi connectivity index (χ2n) is 4.74. The quantitative estimate of drug-likeness (QED) is 0.782. The average Bonchev–Trinajstić information content (AvgIpc) is 2.81. The number of aromatic nitrogens is 1. The first-order valence-electron chi connectivity index (χ1n) is 6.42. The number of hydrogen-bond acceptors (Lipinski definition) is 3. The third-order valence-electron chi connectivity index (χ3n) is 3.23. The van der Waals surface area contributed by atoms with Crippen molar-refractivity contribution >= 4 is 21.6 Å². The lowest BCUT2D eigenvalue weighted by Gasteiger charge is -2.11. The highest BCUT2D eigenvalue weighted by molar-refractivity contribution is 7.18. The molecule has 0 spiro atoms. The zero-order valence-corrected chi connectivity index (χ0v) is 11.7. The highest BCUT2D eigenvalue weighted by Gasteiger charge is 2.09. The molecule has 1 atom stereocenters. The van der Waals surface area contributed by atoms with Gasteiger partial charge in [-0.25, -0.2) is 4.98 Å². The Labute approximate surface area is 116 Å². The van der Waals surface area contributed by atoms with Gasteiger partial charge in [0, 0.05) is 12.5 Å². The molecule has 3 aromatic rings. The summed E-state index contributed by atoms with van der Waals surface area (Å²) >= 11 is 1.76. The Morgan fingerprint density at radius 3 is 2.63 bits per heavy atom. The molecule has 0 bridgehead atoms. The third-order valence-corrected chi connectivity index (χ3v) is 4.26. The van der Waals surface area contributed by atoms with E-state index in [2.05, 4.69) is 41.4 Å². The molecule has 1 unspecified atom stereocenters. The van der Waals surface area contributed by atoms with Crippen molar-refractivity contribution in [1.29, 1.82) is 0 Å². The summed E-state index contributed by atoms with van der Waals surface area (Å²) in [5.41, 5.74) is 9.59. The number of benzene rings is 2. The zero-order chi connectivity index (χ0) is 13.2. The Morgan fingerprint density at radius 1 is 1.11 bits per heavy atom. The van der Waals surface area contributed by atoms with Crippen LogP contribution in [0.1, 0.15) is 29.1 Å². The second kappa shape index (κ2) is 5.11. The first-order chi connectivity index (χ1) is 9.24. The number of para-hydroxylation sites is 1. The summed E-state index contributed by atoms with van der Waals surface area (Å²) in [6.45, 7) is 2.02. The number of hydrogen-bond donors (Lipinski definition) is 1. The van der Waals surface area contributed by atoms with Crippen LogP contribution in [-0.2, 0) is 6.42 Å². The predicted octanol–water partition coefficient (Wildman–Crippen LogP) is 3.91. The van der Waals surface area contributed by atoms with Crippen LogP contribution in [0.4, 0.5) is 0 Å². The van der Waals surface area contributed by atoms with E-state index in [1.54, 1.807) is 11.3 Å². The van der Waals surface area contributed by atoms with Gasteiger partial charge in [0.2, 0.25) is 0 Å². The Kier molecular flexibility index (Phi) is 3.32. The molecule has 0 aliphatic carbocycles. The van der Waals surface area contributed by atoms with Crippen molar-refractivity contribution in [3.63, 3.8) is 0 Å². The number of nitrogens with two attached hydrogens (primary N) is 1. The van der Waals surface area contributed by atoms with E-state index in [0.717, 1.165) is 16.9 Å². The molecule has 0 amide bonds. The monoisotopic (exact) mass is 268 g/mol. The first kappa shape index (κ1) is 12.3. The minimum atomic E-state index is 0.0607. The molecular formula is C16H16N2S. The van der Waals surface area contributed by atoms with Crippen LogP contribution in [0.5, 0.6) is 0 Å². The van der Waals surface area contributed by atoms with E-state index in [-0.39, 0.29) is 6.04 Å². The average molecular weight is 268 g/mol. The summed E-state index contributed by atoms with van der Waals surface area (Å²) in [5, 5.41) is 1.15. The summed E-state index contributed by atoms with van der Waals surface area (Å²) in [6.07, 6.45) is 0.858. The SMILES string of the molecule is CC(N)c1ccccc1Cc1nc2ccccc2s1. The van der Waals surface area contributed by atoms with Gasteiger partial charge in [-0.1, -0.05) is 36.4 Å².